The van der Waals surface area contributed by atoms with E-state index in [1.807, 2.05) is 31.2 Å². The van der Waals surface area contributed by atoms with Crippen molar-refractivity contribution in [3.05, 3.63) is 53.6 Å². The summed E-state index contributed by atoms with van der Waals surface area (Å²) in [5.41, 5.74) is 3.65. The van der Waals surface area contributed by atoms with E-state index in [1.165, 1.54) is 12.8 Å². The Bertz CT molecular complexity index is 671. The van der Waals surface area contributed by atoms with E-state index >= 15 is 0 Å². The number of benzene rings is 1. The molecule has 0 spiro atoms. The third-order valence-corrected chi connectivity index (χ3v) is 4.87. The van der Waals surface area contributed by atoms with Gasteiger partial charge >= 0.3 is 0 Å². The third-order valence-electron chi connectivity index (χ3n) is 4.87. The van der Waals surface area contributed by atoms with Gasteiger partial charge in [0.15, 0.2) is 0 Å². The van der Waals surface area contributed by atoms with Crippen molar-refractivity contribution >= 4 is 0 Å². The van der Waals surface area contributed by atoms with E-state index in [0.29, 0.717) is 23.6 Å². The number of rotatable bonds is 2. The zero-order valence-corrected chi connectivity index (χ0v) is 15.5. The molecule has 2 bridgehead atoms. The number of hydrogen-bond donors (Lipinski definition) is 1. The minimum atomic E-state index is -0.396. The predicted molar refractivity (Wildman–Crippen MR) is 80.5 cm³/mol. The molecule has 1 radical (unpaired) electrons. The molecule has 4 rings (SSSR count). The third kappa shape index (κ3) is 2.91. The number of fused-ring (bicyclic) bond motifs is 2. The molecule has 1 aromatic carbocycles. The van der Waals surface area contributed by atoms with Crippen molar-refractivity contribution in [2.24, 2.45) is 0 Å². The first-order valence-electron chi connectivity index (χ1n) is 7.61. The topological polar surface area (TPSA) is 24.9 Å². The standard InChI is InChI=1S/C18H18FN2.Y/c1-11-2-4-12(5-3-11)16-8-13(10-20-18(16)19)15-9-14-6-7-17(15)21-14;/h2,4-5,8,10,14-15,17,21H,6-7,9H2,1H3;/q-1;. The molecule has 0 saturated carbocycles. The van der Waals surface area contributed by atoms with Gasteiger partial charge in [-0.05, 0) is 30.4 Å². The van der Waals surface area contributed by atoms with Crippen LogP contribution in [0.2, 0.25) is 0 Å². The molecule has 0 aliphatic carbocycles. The van der Waals surface area contributed by atoms with Crippen LogP contribution in [0.15, 0.2) is 30.5 Å². The summed E-state index contributed by atoms with van der Waals surface area (Å²) in [6.07, 6.45) is 5.36. The van der Waals surface area contributed by atoms with Crippen LogP contribution in [0.5, 0.6) is 0 Å². The van der Waals surface area contributed by atoms with Gasteiger partial charge in [-0.25, -0.2) is 4.98 Å². The Morgan fingerprint density at radius 3 is 2.82 bits per heavy atom. The van der Waals surface area contributed by atoms with E-state index in [9.17, 15) is 4.39 Å². The molecule has 1 N–H and O–H groups in total. The van der Waals surface area contributed by atoms with E-state index in [0.717, 1.165) is 23.1 Å². The van der Waals surface area contributed by atoms with Crippen molar-refractivity contribution in [1.82, 2.24) is 10.3 Å². The molecule has 3 heterocycles. The number of pyridine rings is 1. The zero-order valence-electron chi connectivity index (χ0n) is 12.6. The summed E-state index contributed by atoms with van der Waals surface area (Å²) in [6, 6.07) is 12.0. The zero-order chi connectivity index (χ0) is 14.4. The molecule has 2 fully saturated rings. The average Bonchev–Trinajstić information content (AvgIpc) is 3.12. The molecule has 111 valence electrons. The molecular formula is C18H18FN2Y-. The van der Waals surface area contributed by atoms with E-state index < -0.39 is 5.95 Å². The number of halogens is 1. The summed E-state index contributed by atoms with van der Waals surface area (Å²) >= 11 is 0. The van der Waals surface area contributed by atoms with Crippen LogP contribution in [0, 0.1) is 18.9 Å². The summed E-state index contributed by atoms with van der Waals surface area (Å²) in [7, 11) is 0. The number of nitrogens with one attached hydrogen (secondary N) is 1. The Kier molecular flexibility index (Phi) is 4.77. The predicted octanol–water partition coefficient (Wildman–Crippen LogP) is 3.60. The normalized spacial score (nSPS) is 26.0. The van der Waals surface area contributed by atoms with E-state index in [4.69, 9.17) is 0 Å². The molecule has 22 heavy (non-hydrogen) atoms. The fraction of sp³-hybridized carbons (Fsp3) is 0.389. The molecular weight excluding hydrogens is 352 g/mol. The molecule has 0 amide bonds. The van der Waals surface area contributed by atoms with Gasteiger partial charge in [-0.15, -0.1) is 5.56 Å². The summed E-state index contributed by atoms with van der Waals surface area (Å²) in [6.45, 7) is 1.98. The molecule has 3 atom stereocenters. The molecule has 2 nitrogen and oxygen atoms in total. The van der Waals surface area contributed by atoms with Gasteiger partial charge in [0, 0.05) is 56.9 Å². The second-order valence-electron chi connectivity index (χ2n) is 6.26. The van der Waals surface area contributed by atoms with Gasteiger partial charge in [0.05, 0.1) is 0 Å². The first-order valence-corrected chi connectivity index (χ1v) is 7.61. The van der Waals surface area contributed by atoms with Crippen LogP contribution in [0.3, 0.4) is 0 Å². The van der Waals surface area contributed by atoms with Gasteiger partial charge in [-0.1, -0.05) is 13.0 Å². The Morgan fingerprint density at radius 1 is 1.32 bits per heavy atom. The largest absolute Gasteiger partial charge is 0.311 e. The van der Waals surface area contributed by atoms with E-state index in [-0.39, 0.29) is 32.7 Å². The van der Waals surface area contributed by atoms with Crippen molar-refractivity contribution in [1.29, 1.82) is 0 Å². The first kappa shape index (κ1) is 16.2. The fourth-order valence-electron chi connectivity index (χ4n) is 3.73. The maximum atomic E-state index is 14.1. The van der Waals surface area contributed by atoms with Crippen LogP contribution in [-0.4, -0.2) is 17.1 Å². The van der Waals surface area contributed by atoms with Gasteiger partial charge in [0.2, 0.25) is 5.95 Å². The number of hydrogen-bond acceptors (Lipinski definition) is 2. The van der Waals surface area contributed by atoms with Gasteiger partial charge < -0.3 is 5.32 Å². The Morgan fingerprint density at radius 2 is 2.18 bits per heavy atom. The quantitative estimate of drug-likeness (QED) is 0.646. The van der Waals surface area contributed by atoms with Crippen molar-refractivity contribution in [3.8, 4) is 11.1 Å². The van der Waals surface area contributed by atoms with E-state index in [1.54, 1.807) is 6.20 Å². The second kappa shape index (κ2) is 6.47. The van der Waals surface area contributed by atoms with Crippen LogP contribution in [0.25, 0.3) is 11.1 Å². The van der Waals surface area contributed by atoms with Crippen molar-refractivity contribution < 1.29 is 37.1 Å². The Hall–Kier alpha value is -0.636. The SMILES string of the molecule is Cc1[c-]cc(-c2cc(C3CC4CCC3N4)cnc2F)cc1.[Y]. The molecule has 3 unspecified atom stereocenters. The summed E-state index contributed by atoms with van der Waals surface area (Å²) in [4.78, 5) is 4.00. The Balaban J connectivity index is 0.00000144. The number of aromatic nitrogens is 1. The number of nitrogens with zero attached hydrogens (tertiary/aromatic N) is 1. The smallest absolute Gasteiger partial charge is 0.208 e. The minimum absolute atomic E-state index is 0. The van der Waals surface area contributed by atoms with Crippen molar-refractivity contribution in [2.45, 2.75) is 44.2 Å². The number of aryl methyl sites for hydroxylation is 1. The Labute approximate surface area is 155 Å². The van der Waals surface area contributed by atoms with Crippen LogP contribution in [0.4, 0.5) is 4.39 Å². The van der Waals surface area contributed by atoms with Gasteiger partial charge in [-0.2, -0.15) is 34.2 Å². The molecule has 1 aromatic heterocycles. The fourth-order valence-corrected chi connectivity index (χ4v) is 3.73. The van der Waals surface area contributed by atoms with Gasteiger partial charge in [-0.3, -0.25) is 0 Å². The summed E-state index contributed by atoms with van der Waals surface area (Å²) in [5, 5.41) is 3.63. The minimum Gasteiger partial charge on any atom is -0.311 e. The van der Waals surface area contributed by atoms with Crippen LogP contribution >= 0.6 is 0 Å². The molecule has 2 saturated heterocycles. The van der Waals surface area contributed by atoms with E-state index in [2.05, 4.69) is 16.4 Å². The first-order chi connectivity index (χ1) is 10.2. The van der Waals surface area contributed by atoms with Gasteiger partial charge in [0.1, 0.15) is 0 Å². The second-order valence-corrected chi connectivity index (χ2v) is 6.26. The molecule has 2 aliphatic rings. The van der Waals surface area contributed by atoms with Crippen LogP contribution in [-0.2, 0) is 32.7 Å². The molecule has 4 heteroatoms. The monoisotopic (exact) mass is 370 g/mol. The maximum absolute atomic E-state index is 14.1. The molecule has 2 aliphatic heterocycles. The summed E-state index contributed by atoms with van der Waals surface area (Å²) in [5.74, 6) is 0.0807. The van der Waals surface area contributed by atoms with Crippen molar-refractivity contribution in [2.75, 3.05) is 0 Å². The molecule has 2 aromatic rings. The maximum Gasteiger partial charge on any atom is 0.208 e. The van der Waals surface area contributed by atoms with Gasteiger partial charge in [0.25, 0.3) is 0 Å². The summed E-state index contributed by atoms with van der Waals surface area (Å²) < 4.78 is 14.1. The van der Waals surface area contributed by atoms with Crippen LogP contribution in [0.1, 0.15) is 36.3 Å². The van der Waals surface area contributed by atoms with Crippen molar-refractivity contribution in [3.63, 3.8) is 0 Å². The average molecular weight is 370 g/mol. The van der Waals surface area contributed by atoms with Crippen LogP contribution < -0.4 is 5.32 Å².